The molecule has 0 radical (unpaired) electrons. The minimum absolute atomic E-state index is 0.199. The highest BCUT2D eigenvalue weighted by atomic mass is 16.6. The summed E-state index contributed by atoms with van der Waals surface area (Å²) >= 11 is 0. The van der Waals surface area contributed by atoms with E-state index < -0.39 is 23.2 Å². The van der Waals surface area contributed by atoms with Gasteiger partial charge in [0.1, 0.15) is 11.7 Å². The van der Waals surface area contributed by atoms with Crippen molar-refractivity contribution in [2.24, 2.45) is 11.3 Å². The lowest BCUT2D eigenvalue weighted by atomic mass is 9.74. The van der Waals surface area contributed by atoms with Crippen LogP contribution in [0.15, 0.2) is 91.0 Å². The van der Waals surface area contributed by atoms with Crippen molar-refractivity contribution in [3.63, 3.8) is 0 Å². The predicted octanol–water partition coefficient (Wildman–Crippen LogP) is 4.94. The summed E-state index contributed by atoms with van der Waals surface area (Å²) < 4.78 is 12.5. The molecule has 0 saturated carbocycles. The molecule has 1 aliphatic heterocycles. The first-order valence-electron chi connectivity index (χ1n) is 11.1. The molecule has 0 bridgehead atoms. The molecule has 0 spiro atoms. The van der Waals surface area contributed by atoms with Gasteiger partial charge < -0.3 is 14.6 Å². The van der Waals surface area contributed by atoms with Gasteiger partial charge in [-0.2, -0.15) is 0 Å². The maximum atomic E-state index is 12.7. The molecule has 4 rings (SSSR count). The van der Waals surface area contributed by atoms with Crippen LogP contribution in [0.5, 0.6) is 0 Å². The third kappa shape index (κ3) is 3.64. The summed E-state index contributed by atoms with van der Waals surface area (Å²) in [7, 11) is 0. The summed E-state index contributed by atoms with van der Waals surface area (Å²) in [5.74, 6) is -0.576. The minimum Gasteiger partial charge on any atom is -0.459 e. The SMILES string of the molecule is CC(O)[C@]1(C)C(=O)O[C@H](COC(c2ccccc2)(c2ccccc2)c2ccccc2)[C@H]1C. The average molecular weight is 431 g/mol. The van der Waals surface area contributed by atoms with E-state index in [-0.39, 0.29) is 18.5 Å². The number of hydrogen-bond donors (Lipinski definition) is 1. The molecule has 1 N–H and O–H groups in total. The first kappa shape index (κ1) is 22.3. The Morgan fingerprint density at radius 2 is 1.31 bits per heavy atom. The second kappa shape index (κ2) is 8.89. The fourth-order valence-corrected chi connectivity index (χ4v) is 4.64. The second-order valence-electron chi connectivity index (χ2n) is 8.78. The lowest BCUT2D eigenvalue weighted by molar-refractivity contribution is -0.154. The van der Waals surface area contributed by atoms with Crippen molar-refractivity contribution in [3.05, 3.63) is 108 Å². The van der Waals surface area contributed by atoms with E-state index in [1.54, 1.807) is 13.8 Å². The molecule has 4 atom stereocenters. The molecule has 3 aromatic carbocycles. The van der Waals surface area contributed by atoms with Crippen LogP contribution >= 0.6 is 0 Å². The smallest absolute Gasteiger partial charge is 0.315 e. The molecule has 1 unspecified atom stereocenters. The van der Waals surface area contributed by atoms with Crippen LogP contribution in [0.2, 0.25) is 0 Å². The van der Waals surface area contributed by atoms with E-state index in [2.05, 4.69) is 36.4 Å². The number of esters is 1. The van der Waals surface area contributed by atoms with Crippen molar-refractivity contribution in [3.8, 4) is 0 Å². The van der Waals surface area contributed by atoms with E-state index in [0.717, 1.165) is 16.7 Å². The molecule has 1 heterocycles. The maximum absolute atomic E-state index is 12.7. The van der Waals surface area contributed by atoms with Crippen molar-refractivity contribution < 1.29 is 19.4 Å². The number of carbonyl (C=O) groups is 1. The highest BCUT2D eigenvalue weighted by Gasteiger charge is 2.55. The summed E-state index contributed by atoms with van der Waals surface area (Å²) in [5, 5.41) is 10.3. The largest absolute Gasteiger partial charge is 0.459 e. The number of cyclic esters (lactones) is 1. The molecule has 1 fully saturated rings. The quantitative estimate of drug-likeness (QED) is 0.426. The molecule has 32 heavy (non-hydrogen) atoms. The zero-order chi connectivity index (χ0) is 22.8. The van der Waals surface area contributed by atoms with E-state index in [9.17, 15) is 9.90 Å². The van der Waals surface area contributed by atoms with Gasteiger partial charge in [-0.25, -0.2) is 0 Å². The van der Waals surface area contributed by atoms with E-state index in [1.165, 1.54) is 0 Å². The lowest BCUT2D eigenvalue weighted by Gasteiger charge is -2.37. The molecule has 3 aromatic rings. The van der Waals surface area contributed by atoms with Crippen LogP contribution in [0.25, 0.3) is 0 Å². The molecule has 1 saturated heterocycles. The van der Waals surface area contributed by atoms with Gasteiger partial charge in [0, 0.05) is 5.92 Å². The first-order chi connectivity index (χ1) is 15.4. The second-order valence-corrected chi connectivity index (χ2v) is 8.78. The predicted molar refractivity (Wildman–Crippen MR) is 124 cm³/mol. The standard InChI is InChI=1S/C28H30O4/c1-20-25(32-26(30)27(20,3)21(2)29)19-31-28(22-13-7-4-8-14-22,23-15-9-5-10-16-23)24-17-11-6-12-18-24/h4-18,20-21,25,29H,19H2,1-3H3/t20-,21?,25-,27-/m1/s1. The number of benzene rings is 3. The fraction of sp³-hybridized carbons (Fsp3) is 0.321. The van der Waals surface area contributed by atoms with Gasteiger partial charge in [0.05, 0.1) is 18.1 Å². The molecule has 0 amide bonds. The van der Waals surface area contributed by atoms with Crippen molar-refractivity contribution in [1.29, 1.82) is 0 Å². The van der Waals surface area contributed by atoms with Crippen LogP contribution in [-0.4, -0.2) is 29.9 Å². The zero-order valence-corrected chi connectivity index (χ0v) is 18.8. The van der Waals surface area contributed by atoms with Gasteiger partial charge in [-0.1, -0.05) is 97.9 Å². The van der Waals surface area contributed by atoms with Gasteiger partial charge in [0.25, 0.3) is 0 Å². The van der Waals surface area contributed by atoms with Crippen LogP contribution in [0.1, 0.15) is 37.5 Å². The fourth-order valence-electron chi connectivity index (χ4n) is 4.64. The summed E-state index contributed by atoms with van der Waals surface area (Å²) in [5.41, 5.74) is 1.15. The summed E-state index contributed by atoms with van der Waals surface area (Å²) in [6, 6.07) is 30.3. The van der Waals surface area contributed by atoms with Gasteiger partial charge >= 0.3 is 5.97 Å². The number of hydrogen-bond acceptors (Lipinski definition) is 4. The Balaban J connectivity index is 1.78. The monoisotopic (exact) mass is 430 g/mol. The average Bonchev–Trinajstić information content (AvgIpc) is 3.06. The van der Waals surface area contributed by atoms with Crippen LogP contribution in [-0.2, 0) is 19.9 Å². The minimum atomic E-state index is -0.955. The number of aliphatic hydroxyl groups is 1. The number of ether oxygens (including phenoxy) is 2. The third-order valence-corrected chi connectivity index (χ3v) is 7.07. The van der Waals surface area contributed by atoms with Crippen LogP contribution in [0.4, 0.5) is 0 Å². The Kier molecular flexibility index (Phi) is 6.18. The molecule has 166 valence electrons. The van der Waals surface area contributed by atoms with Crippen molar-refractivity contribution in [1.82, 2.24) is 0 Å². The van der Waals surface area contributed by atoms with E-state index in [1.807, 2.05) is 61.5 Å². The molecular weight excluding hydrogens is 400 g/mol. The Morgan fingerprint density at radius 1 is 0.906 bits per heavy atom. The Hall–Kier alpha value is -2.95. The Bertz CT molecular complexity index is 936. The van der Waals surface area contributed by atoms with Gasteiger partial charge in [0.2, 0.25) is 0 Å². The van der Waals surface area contributed by atoms with Gasteiger partial charge in [-0.15, -0.1) is 0 Å². The molecular formula is C28H30O4. The topological polar surface area (TPSA) is 55.8 Å². The number of aliphatic hydroxyl groups excluding tert-OH is 1. The normalized spacial score (nSPS) is 24.2. The zero-order valence-electron chi connectivity index (χ0n) is 18.8. The maximum Gasteiger partial charge on any atom is 0.315 e. The Labute approximate surface area is 189 Å². The van der Waals surface area contributed by atoms with E-state index in [4.69, 9.17) is 9.47 Å². The molecule has 4 nitrogen and oxygen atoms in total. The van der Waals surface area contributed by atoms with E-state index in [0.29, 0.717) is 0 Å². The van der Waals surface area contributed by atoms with Crippen LogP contribution in [0, 0.1) is 11.3 Å². The highest BCUT2D eigenvalue weighted by molar-refractivity contribution is 5.80. The van der Waals surface area contributed by atoms with Crippen LogP contribution < -0.4 is 0 Å². The molecule has 4 heteroatoms. The number of carbonyl (C=O) groups excluding carboxylic acids is 1. The molecule has 0 aliphatic carbocycles. The van der Waals surface area contributed by atoms with Gasteiger partial charge in [-0.3, -0.25) is 4.79 Å². The van der Waals surface area contributed by atoms with Crippen molar-refractivity contribution in [2.45, 2.75) is 38.6 Å². The third-order valence-electron chi connectivity index (χ3n) is 7.07. The molecule has 0 aromatic heterocycles. The van der Waals surface area contributed by atoms with Gasteiger partial charge in [0.15, 0.2) is 0 Å². The van der Waals surface area contributed by atoms with Crippen molar-refractivity contribution >= 4 is 5.97 Å². The van der Waals surface area contributed by atoms with E-state index >= 15 is 0 Å². The van der Waals surface area contributed by atoms with Crippen molar-refractivity contribution in [2.75, 3.05) is 6.61 Å². The summed E-state index contributed by atoms with van der Waals surface area (Å²) in [6.45, 7) is 5.56. The molecule has 1 aliphatic rings. The Morgan fingerprint density at radius 3 is 1.66 bits per heavy atom. The van der Waals surface area contributed by atoms with Gasteiger partial charge in [-0.05, 0) is 30.5 Å². The highest BCUT2D eigenvalue weighted by Crippen LogP contribution is 2.45. The number of rotatable bonds is 7. The summed E-state index contributed by atoms with van der Waals surface area (Å²) in [4.78, 5) is 12.7. The first-order valence-corrected chi connectivity index (χ1v) is 11.1. The summed E-state index contributed by atoms with van der Waals surface area (Å²) in [6.07, 6.45) is -1.27. The van der Waals surface area contributed by atoms with Crippen LogP contribution in [0.3, 0.4) is 0 Å². The lowest BCUT2D eigenvalue weighted by Crippen LogP contribution is -2.41.